The second kappa shape index (κ2) is 5.99. The predicted molar refractivity (Wildman–Crippen MR) is 96.6 cm³/mol. The molecule has 1 aliphatic rings. The van der Waals surface area contributed by atoms with E-state index in [1.807, 2.05) is 6.07 Å². The van der Waals surface area contributed by atoms with Crippen LogP contribution < -0.4 is 10.2 Å². The zero-order valence-corrected chi connectivity index (χ0v) is 16.1. The van der Waals surface area contributed by atoms with Gasteiger partial charge in [0.25, 0.3) is 0 Å². The molecule has 0 amide bonds. The first kappa shape index (κ1) is 16.9. The van der Waals surface area contributed by atoms with Crippen LogP contribution in [-0.4, -0.2) is 34.4 Å². The van der Waals surface area contributed by atoms with Crippen LogP contribution in [0.15, 0.2) is 12.1 Å². The molecule has 2 rings (SSSR count). The highest BCUT2D eigenvalue weighted by atomic mass is 127. The number of rotatable bonds is 3. The van der Waals surface area contributed by atoms with Crippen LogP contribution in [0.5, 0.6) is 0 Å². The summed E-state index contributed by atoms with van der Waals surface area (Å²) >= 11 is 2.19. The molecule has 2 unspecified atom stereocenters. The second-order valence-electron chi connectivity index (χ2n) is 7.47. The van der Waals surface area contributed by atoms with Crippen molar-refractivity contribution in [3.8, 4) is 0 Å². The number of nitrogens with one attached hydrogen (secondary N) is 1. The minimum atomic E-state index is 0.132. The molecule has 1 fully saturated rings. The Kier molecular flexibility index (Phi) is 4.83. The molecule has 1 saturated heterocycles. The monoisotopic (exact) mass is 402 g/mol. The predicted octanol–water partition coefficient (Wildman–Crippen LogP) is 3.46. The molecule has 118 valence electrons. The molecule has 0 aromatic carbocycles. The van der Waals surface area contributed by atoms with Crippen LogP contribution in [0.3, 0.4) is 0 Å². The largest absolute Gasteiger partial charge is 0.355 e. The molecule has 0 bridgehead atoms. The topological polar surface area (TPSA) is 41.1 Å². The molecule has 1 aromatic heterocycles. The fourth-order valence-corrected chi connectivity index (χ4v) is 3.65. The van der Waals surface area contributed by atoms with Gasteiger partial charge in [-0.1, -0.05) is 13.8 Å². The number of aromatic nitrogens is 2. The number of nitrogens with zero attached hydrogens (tertiary/aromatic N) is 3. The van der Waals surface area contributed by atoms with Crippen LogP contribution in [0.25, 0.3) is 0 Å². The highest BCUT2D eigenvalue weighted by molar-refractivity contribution is 14.1. The Labute approximate surface area is 142 Å². The van der Waals surface area contributed by atoms with Crippen LogP contribution in [-0.2, 0) is 0 Å². The quantitative estimate of drug-likeness (QED) is 0.787. The van der Waals surface area contributed by atoms with Gasteiger partial charge < -0.3 is 10.2 Å². The van der Waals surface area contributed by atoms with Crippen molar-refractivity contribution in [3.63, 3.8) is 0 Å². The lowest BCUT2D eigenvalue weighted by molar-refractivity contribution is 0.107. The van der Waals surface area contributed by atoms with Gasteiger partial charge in [-0.2, -0.15) is 0 Å². The summed E-state index contributed by atoms with van der Waals surface area (Å²) in [7, 11) is 2.14. The molecule has 4 nitrogen and oxygen atoms in total. The van der Waals surface area contributed by atoms with E-state index in [-0.39, 0.29) is 11.1 Å². The summed E-state index contributed by atoms with van der Waals surface area (Å²) in [4.78, 5) is 2.30. The Balaban J connectivity index is 2.23. The molecule has 2 heterocycles. The summed E-state index contributed by atoms with van der Waals surface area (Å²) in [5, 5.41) is 12.4. The summed E-state index contributed by atoms with van der Waals surface area (Å²) < 4.78 is 0.933. The Hall–Kier alpha value is -0.430. The van der Waals surface area contributed by atoms with Gasteiger partial charge >= 0.3 is 0 Å². The molecule has 0 spiro atoms. The fourth-order valence-electron chi connectivity index (χ4n) is 3.36. The third-order valence-corrected chi connectivity index (χ3v) is 5.41. The van der Waals surface area contributed by atoms with Crippen molar-refractivity contribution >= 4 is 28.4 Å². The molecule has 5 heteroatoms. The van der Waals surface area contributed by atoms with Gasteiger partial charge in [-0.25, -0.2) is 0 Å². The normalized spacial score (nSPS) is 28.7. The van der Waals surface area contributed by atoms with E-state index in [9.17, 15) is 0 Å². The molecule has 2 atom stereocenters. The molecular formula is C16H27IN4. The minimum absolute atomic E-state index is 0.132. The van der Waals surface area contributed by atoms with Crippen molar-refractivity contribution in [1.82, 2.24) is 15.5 Å². The van der Waals surface area contributed by atoms with Gasteiger partial charge in [-0.15, -0.1) is 10.2 Å². The Bertz CT molecular complexity index is 486. The lowest BCUT2D eigenvalue weighted by Gasteiger charge is -2.52. The summed E-state index contributed by atoms with van der Waals surface area (Å²) in [5.41, 5.74) is 0.282. The number of halogens is 1. The van der Waals surface area contributed by atoms with E-state index < -0.39 is 0 Å². The standard InChI is InChI=1S/C16H27IN4/c1-11(2)16(5)10-12(9-15(3,4)20-16)21(6)14-8-7-13(17)18-19-14/h7-8,11-12,20H,9-10H2,1-6H3. The van der Waals surface area contributed by atoms with E-state index >= 15 is 0 Å². The third-order valence-electron chi connectivity index (χ3n) is 4.83. The van der Waals surface area contributed by atoms with Crippen LogP contribution in [0, 0.1) is 9.62 Å². The van der Waals surface area contributed by atoms with E-state index in [1.54, 1.807) is 0 Å². The zero-order chi connectivity index (χ0) is 15.8. The maximum absolute atomic E-state index is 4.34. The van der Waals surface area contributed by atoms with Crippen LogP contribution in [0.2, 0.25) is 0 Å². The van der Waals surface area contributed by atoms with Crippen molar-refractivity contribution in [3.05, 3.63) is 15.8 Å². The molecule has 1 N–H and O–H groups in total. The fraction of sp³-hybridized carbons (Fsp3) is 0.750. The van der Waals surface area contributed by atoms with Crippen molar-refractivity contribution < 1.29 is 0 Å². The van der Waals surface area contributed by atoms with Gasteiger partial charge in [-0.05, 0) is 74.3 Å². The molecule has 0 aliphatic carbocycles. The third kappa shape index (κ3) is 3.86. The van der Waals surface area contributed by atoms with Gasteiger partial charge in [0.1, 0.15) is 3.70 Å². The van der Waals surface area contributed by atoms with Crippen molar-refractivity contribution in [2.45, 2.75) is 64.6 Å². The maximum Gasteiger partial charge on any atom is 0.151 e. The molecule has 21 heavy (non-hydrogen) atoms. The minimum Gasteiger partial charge on any atom is -0.355 e. The molecular weight excluding hydrogens is 375 g/mol. The average Bonchev–Trinajstić information content (AvgIpc) is 2.36. The van der Waals surface area contributed by atoms with Crippen LogP contribution in [0.1, 0.15) is 47.5 Å². The molecule has 1 aliphatic heterocycles. The van der Waals surface area contributed by atoms with Gasteiger partial charge in [-0.3, -0.25) is 0 Å². The molecule has 1 aromatic rings. The van der Waals surface area contributed by atoms with Crippen molar-refractivity contribution in [2.24, 2.45) is 5.92 Å². The van der Waals surface area contributed by atoms with Crippen molar-refractivity contribution in [2.75, 3.05) is 11.9 Å². The highest BCUT2D eigenvalue weighted by Crippen LogP contribution is 2.36. The number of anilines is 1. The Morgan fingerprint density at radius 3 is 2.43 bits per heavy atom. The zero-order valence-electron chi connectivity index (χ0n) is 13.9. The molecule has 0 radical (unpaired) electrons. The molecule has 0 saturated carbocycles. The van der Waals surface area contributed by atoms with Crippen LogP contribution in [0.4, 0.5) is 5.82 Å². The van der Waals surface area contributed by atoms with Gasteiger partial charge in [0.2, 0.25) is 0 Å². The first-order valence-corrected chi connectivity index (χ1v) is 8.72. The van der Waals surface area contributed by atoms with Crippen molar-refractivity contribution in [1.29, 1.82) is 0 Å². The first-order valence-electron chi connectivity index (χ1n) is 7.64. The number of piperidine rings is 1. The SMILES string of the molecule is CC(C)C1(C)CC(N(C)c2ccc(I)nn2)CC(C)(C)N1. The van der Waals surface area contributed by atoms with Crippen LogP contribution >= 0.6 is 22.6 Å². The number of hydrogen-bond donors (Lipinski definition) is 1. The highest BCUT2D eigenvalue weighted by Gasteiger charge is 2.43. The Morgan fingerprint density at radius 2 is 1.90 bits per heavy atom. The lowest BCUT2D eigenvalue weighted by Crippen LogP contribution is -2.65. The first-order chi connectivity index (χ1) is 9.63. The summed E-state index contributed by atoms with van der Waals surface area (Å²) in [6.45, 7) is 11.5. The smallest absolute Gasteiger partial charge is 0.151 e. The van der Waals surface area contributed by atoms with Gasteiger partial charge in [0, 0.05) is 24.2 Å². The van der Waals surface area contributed by atoms with E-state index in [2.05, 4.69) is 90.7 Å². The maximum atomic E-state index is 4.34. The lowest BCUT2D eigenvalue weighted by atomic mass is 9.73. The van der Waals surface area contributed by atoms with E-state index in [4.69, 9.17) is 0 Å². The summed E-state index contributed by atoms with van der Waals surface area (Å²) in [5.74, 6) is 1.56. The Morgan fingerprint density at radius 1 is 1.24 bits per heavy atom. The average molecular weight is 402 g/mol. The van der Waals surface area contributed by atoms with E-state index in [1.165, 1.54) is 0 Å². The van der Waals surface area contributed by atoms with Gasteiger partial charge in [0.05, 0.1) is 0 Å². The number of hydrogen-bond acceptors (Lipinski definition) is 4. The second-order valence-corrected chi connectivity index (χ2v) is 8.57. The van der Waals surface area contributed by atoms with E-state index in [0.29, 0.717) is 12.0 Å². The summed E-state index contributed by atoms with van der Waals surface area (Å²) in [6.07, 6.45) is 2.23. The van der Waals surface area contributed by atoms with Gasteiger partial charge in [0.15, 0.2) is 5.82 Å². The summed E-state index contributed by atoms with van der Waals surface area (Å²) in [6, 6.07) is 4.56. The van der Waals surface area contributed by atoms with E-state index in [0.717, 1.165) is 22.4 Å².